The van der Waals surface area contributed by atoms with Crippen molar-refractivity contribution in [3.63, 3.8) is 0 Å². The number of benzene rings is 2. The Bertz CT molecular complexity index is 913. The average Bonchev–Trinajstić information content (AvgIpc) is 2.62. The Kier molecular flexibility index (Phi) is 5.48. The molecule has 0 spiro atoms. The molecule has 0 aliphatic carbocycles. The van der Waals surface area contributed by atoms with Crippen molar-refractivity contribution in [1.29, 1.82) is 0 Å². The average molecular weight is 472 g/mol. The first-order valence-corrected chi connectivity index (χ1v) is 12.9. The minimum atomic E-state index is -4.09. The standard InChI is InChI=1S/C17H17IN2O4S/c21-20(22)15-10-4-5-11-16(15)25(23,24)19-17-12-6-7-13-18(17)14-8-2-1-3-9-14/h1-5,8-11H,6-7,12-13H2. The SMILES string of the molecule is O=[N+]([O-])c1ccccc1S(=O)(=O)N=C1CCCCI1c1ccccc1. The zero-order valence-corrected chi connectivity index (χ0v) is 16.3. The third kappa shape index (κ3) is 4.06. The van der Waals surface area contributed by atoms with Gasteiger partial charge < -0.3 is 0 Å². The minimum absolute atomic E-state index is 0.332. The van der Waals surface area contributed by atoms with Gasteiger partial charge in [-0.3, -0.25) is 0 Å². The second kappa shape index (κ2) is 7.61. The Morgan fingerprint density at radius 2 is 1.68 bits per heavy atom. The van der Waals surface area contributed by atoms with E-state index in [1.54, 1.807) is 0 Å². The van der Waals surface area contributed by atoms with Gasteiger partial charge in [-0.15, -0.1) is 0 Å². The molecule has 0 atom stereocenters. The van der Waals surface area contributed by atoms with Crippen LogP contribution in [0.15, 0.2) is 63.9 Å². The van der Waals surface area contributed by atoms with E-state index in [0.717, 1.165) is 21.0 Å². The van der Waals surface area contributed by atoms with E-state index in [0.29, 0.717) is 6.42 Å². The molecule has 132 valence electrons. The number of hydrogen-bond acceptors (Lipinski definition) is 4. The van der Waals surface area contributed by atoms with Gasteiger partial charge in [0, 0.05) is 0 Å². The van der Waals surface area contributed by atoms with Gasteiger partial charge in [-0.2, -0.15) is 0 Å². The normalized spacial score (nSPS) is 18.2. The molecule has 2 aromatic rings. The van der Waals surface area contributed by atoms with Gasteiger partial charge in [0.1, 0.15) is 0 Å². The van der Waals surface area contributed by atoms with Gasteiger partial charge in [0.25, 0.3) is 0 Å². The molecule has 25 heavy (non-hydrogen) atoms. The summed E-state index contributed by atoms with van der Waals surface area (Å²) in [6, 6.07) is 15.3. The molecule has 2 aromatic carbocycles. The van der Waals surface area contributed by atoms with Crippen molar-refractivity contribution in [3.05, 3.63) is 68.3 Å². The Hall–Kier alpha value is -1.81. The predicted octanol–water partition coefficient (Wildman–Crippen LogP) is 4.24. The number of rotatable bonds is 4. The number of sulfonamides is 1. The number of para-hydroxylation sites is 1. The van der Waals surface area contributed by atoms with Crippen molar-refractivity contribution in [3.8, 4) is 0 Å². The Morgan fingerprint density at radius 3 is 2.40 bits per heavy atom. The van der Waals surface area contributed by atoms with Gasteiger partial charge in [0.2, 0.25) is 0 Å². The molecule has 0 aromatic heterocycles. The van der Waals surface area contributed by atoms with E-state index in [4.69, 9.17) is 0 Å². The molecule has 0 bridgehead atoms. The molecular weight excluding hydrogens is 455 g/mol. The third-order valence-electron chi connectivity index (χ3n) is 3.77. The fraction of sp³-hybridized carbons (Fsp3) is 0.235. The second-order valence-corrected chi connectivity index (χ2v) is 12.7. The van der Waals surface area contributed by atoms with E-state index < -0.39 is 40.5 Å². The number of nitro groups is 1. The van der Waals surface area contributed by atoms with E-state index in [9.17, 15) is 18.5 Å². The summed E-state index contributed by atoms with van der Waals surface area (Å²) in [5, 5.41) is 11.1. The van der Waals surface area contributed by atoms with Crippen molar-refractivity contribution in [2.45, 2.75) is 24.2 Å². The topological polar surface area (TPSA) is 89.6 Å². The van der Waals surface area contributed by atoms with Crippen LogP contribution in [0, 0.1) is 13.7 Å². The first-order chi connectivity index (χ1) is 12.0. The van der Waals surface area contributed by atoms with Crippen LogP contribution in [0.3, 0.4) is 0 Å². The van der Waals surface area contributed by atoms with Crippen LogP contribution in [0.25, 0.3) is 0 Å². The summed E-state index contributed by atoms with van der Waals surface area (Å²) in [6.45, 7) is 0. The van der Waals surface area contributed by atoms with Crippen LogP contribution in [0.5, 0.6) is 0 Å². The van der Waals surface area contributed by atoms with Gasteiger partial charge in [-0.25, -0.2) is 0 Å². The number of alkyl halides is 1. The summed E-state index contributed by atoms with van der Waals surface area (Å²) in [6.07, 6.45) is 2.63. The first-order valence-electron chi connectivity index (χ1n) is 7.77. The quantitative estimate of drug-likeness (QED) is 0.288. The number of nitro benzene ring substituents is 1. The molecule has 3 rings (SSSR count). The van der Waals surface area contributed by atoms with E-state index in [1.165, 1.54) is 27.8 Å². The molecule has 0 amide bonds. The molecule has 1 fully saturated rings. The van der Waals surface area contributed by atoms with E-state index in [1.807, 2.05) is 30.3 Å². The van der Waals surface area contributed by atoms with Crippen molar-refractivity contribution in [1.82, 2.24) is 0 Å². The van der Waals surface area contributed by atoms with Crippen LogP contribution < -0.4 is 0 Å². The Morgan fingerprint density at radius 1 is 1.00 bits per heavy atom. The van der Waals surface area contributed by atoms with Gasteiger partial charge >= 0.3 is 154 Å². The van der Waals surface area contributed by atoms with Crippen LogP contribution in [0.1, 0.15) is 19.3 Å². The third-order valence-corrected chi connectivity index (χ3v) is 11.8. The molecule has 6 nitrogen and oxygen atoms in total. The van der Waals surface area contributed by atoms with E-state index >= 15 is 0 Å². The fourth-order valence-electron chi connectivity index (χ4n) is 2.62. The fourth-order valence-corrected chi connectivity index (χ4v) is 10.9. The van der Waals surface area contributed by atoms with E-state index in [2.05, 4.69) is 4.40 Å². The van der Waals surface area contributed by atoms with Crippen molar-refractivity contribution >= 4 is 39.2 Å². The monoisotopic (exact) mass is 472 g/mol. The maximum absolute atomic E-state index is 12.7. The first kappa shape index (κ1) is 18.0. The van der Waals surface area contributed by atoms with Gasteiger partial charge in [-0.05, 0) is 0 Å². The van der Waals surface area contributed by atoms with Crippen LogP contribution in [0.2, 0.25) is 0 Å². The van der Waals surface area contributed by atoms with Crippen molar-refractivity contribution < 1.29 is 13.3 Å². The summed E-state index contributed by atoms with van der Waals surface area (Å²) in [7, 11) is -4.09. The number of hydrogen-bond donors (Lipinski definition) is 0. The van der Waals surface area contributed by atoms with Gasteiger partial charge in [0.15, 0.2) is 0 Å². The second-order valence-electron chi connectivity index (χ2n) is 5.47. The van der Waals surface area contributed by atoms with E-state index in [-0.39, 0.29) is 4.90 Å². The molecule has 8 heteroatoms. The molecule has 0 N–H and O–H groups in total. The summed E-state index contributed by atoms with van der Waals surface area (Å²) >= 11 is -1.87. The summed E-state index contributed by atoms with van der Waals surface area (Å²) < 4.78 is 32.5. The molecule has 1 saturated heterocycles. The summed E-state index contributed by atoms with van der Waals surface area (Å²) in [4.78, 5) is 10.1. The molecule has 0 unspecified atom stereocenters. The summed E-state index contributed by atoms with van der Waals surface area (Å²) in [5.74, 6) is 0. The van der Waals surface area contributed by atoms with Crippen molar-refractivity contribution in [2.24, 2.45) is 4.40 Å². The number of nitrogens with zero attached hydrogens (tertiary/aromatic N) is 2. The number of halogens is 1. The molecule has 1 heterocycles. The molecule has 0 radical (unpaired) electrons. The van der Waals surface area contributed by atoms with Gasteiger partial charge in [-0.1, -0.05) is 0 Å². The zero-order chi connectivity index (χ0) is 17.9. The Labute approximate surface area is 153 Å². The molecule has 0 saturated carbocycles. The van der Waals surface area contributed by atoms with Crippen molar-refractivity contribution in [2.75, 3.05) is 4.43 Å². The van der Waals surface area contributed by atoms with Crippen LogP contribution in [0.4, 0.5) is 5.69 Å². The predicted molar refractivity (Wildman–Crippen MR) is 106 cm³/mol. The molecule has 1 aliphatic rings. The van der Waals surface area contributed by atoms with Crippen LogP contribution in [-0.2, 0) is 10.0 Å². The molecular formula is C17H17IN2O4S. The Balaban J connectivity index is 2.04. The summed E-state index contributed by atoms with van der Waals surface area (Å²) in [5.41, 5.74) is -0.428. The van der Waals surface area contributed by atoms with Gasteiger partial charge in [0.05, 0.1) is 0 Å². The van der Waals surface area contributed by atoms with Crippen LogP contribution in [-0.4, -0.2) is 21.5 Å². The maximum atomic E-state index is 12.7. The molecule has 1 aliphatic heterocycles. The zero-order valence-electron chi connectivity index (χ0n) is 13.3. The van der Waals surface area contributed by atoms with Crippen LogP contribution >= 0.6 is 19.8 Å².